The van der Waals surface area contributed by atoms with Crippen molar-refractivity contribution in [2.45, 2.75) is 46.0 Å². The number of para-hydroxylation sites is 1. The van der Waals surface area contributed by atoms with E-state index in [1.165, 1.54) is 6.92 Å². The molecular formula is C25H24O5. The van der Waals surface area contributed by atoms with Crippen molar-refractivity contribution in [3.8, 4) is 11.5 Å². The number of hydrogen-bond donors (Lipinski definition) is 0. The number of allylic oxidation sites excluding steroid dienone is 2. The molecule has 4 rings (SSSR count). The van der Waals surface area contributed by atoms with Crippen LogP contribution in [0, 0.1) is 5.41 Å². The summed E-state index contributed by atoms with van der Waals surface area (Å²) < 4.78 is 11.1. The van der Waals surface area contributed by atoms with E-state index < -0.39 is 5.97 Å². The molecule has 1 aliphatic carbocycles. The fourth-order valence-electron chi connectivity index (χ4n) is 4.30. The lowest BCUT2D eigenvalue weighted by molar-refractivity contribution is -0.131. The Morgan fingerprint density at radius 1 is 1.07 bits per heavy atom. The van der Waals surface area contributed by atoms with Gasteiger partial charge in [-0.15, -0.1) is 0 Å². The molecule has 0 saturated carbocycles. The molecule has 0 radical (unpaired) electrons. The number of ketones is 2. The molecule has 2 aromatic carbocycles. The topological polar surface area (TPSA) is 69.7 Å². The highest BCUT2D eigenvalue weighted by Gasteiger charge is 2.41. The van der Waals surface area contributed by atoms with Gasteiger partial charge in [-0.1, -0.05) is 32.0 Å². The van der Waals surface area contributed by atoms with Crippen LogP contribution < -0.4 is 9.47 Å². The highest BCUT2D eigenvalue weighted by Crippen LogP contribution is 2.49. The predicted molar refractivity (Wildman–Crippen MR) is 112 cm³/mol. The molecule has 1 unspecified atom stereocenters. The van der Waals surface area contributed by atoms with Crippen LogP contribution in [0.3, 0.4) is 0 Å². The predicted octanol–water partition coefficient (Wildman–Crippen LogP) is 5.00. The number of Topliss-reactive ketones (excluding diaryl/α,β-unsaturated/α-hetero) is 2. The molecule has 154 valence electrons. The van der Waals surface area contributed by atoms with Crippen LogP contribution in [0.25, 0.3) is 0 Å². The zero-order chi connectivity index (χ0) is 21.5. The number of esters is 1. The number of carbonyl (C=O) groups excluding carboxylic acids is 3. The lowest BCUT2D eigenvalue weighted by Gasteiger charge is -2.38. The van der Waals surface area contributed by atoms with Gasteiger partial charge in [0.25, 0.3) is 0 Å². The molecule has 1 atom stereocenters. The second-order valence-corrected chi connectivity index (χ2v) is 8.72. The van der Waals surface area contributed by atoms with Crippen molar-refractivity contribution in [2.75, 3.05) is 0 Å². The number of carbonyl (C=O) groups is 3. The van der Waals surface area contributed by atoms with E-state index in [2.05, 4.69) is 13.8 Å². The van der Waals surface area contributed by atoms with Gasteiger partial charge in [-0.05, 0) is 35.7 Å². The van der Waals surface area contributed by atoms with Gasteiger partial charge in [0.15, 0.2) is 11.6 Å². The first kappa shape index (κ1) is 20.1. The third kappa shape index (κ3) is 3.92. The number of ether oxygens (including phenoxy) is 2. The first-order valence-corrected chi connectivity index (χ1v) is 10.1. The van der Waals surface area contributed by atoms with Crippen LogP contribution in [0.2, 0.25) is 0 Å². The molecule has 2 aromatic rings. The lowest BCUT2D eigenvalue weighted by atomic mass is 9.70. The molecule has 30 heavy (non-hydrogen) atoms. The van der Waals surface area contributed by atoms with E-state index in [9.17, 15) is 14.4 Å². The smallest absolute Gasteiger partial charge is 0.308 e. The van der Waals surface area contributed by atoms with Crippen molar-refractivity contribution in [1.82, 2.24) is 0 Å². The Morgan fingerprint density at radius 2 is 1.77 bits per heavy atom. The summed E-state index contributed by atoms with van der Waals surface area (Å²) in [5.74, 6) is 1.04. The maximum atomic E-state index is 13.1. The second-order valence-electron chi connectivity index (χ2n) is 8.72. The van der Waals surface area contributed by atoms with Gasteiger partial charge >= 0.3 is 5.97 Å². The highest BCUT2D eigenvalue weighted by molar-refractivity contribution is 6.02. The van der Waals surface area contributed by atoms with E-state index in [4.69, 9.17) is 9.47 Å². The molecule has 0 aromatic heterocycles. The molecule has 0 bridgehead atoms. The highest BCUT2D eigenvalue weighted by atomic mass is 16.5. The Labute approximate surface area is 175 Å². The summed E-state index contributed by atoms with van der Waals surface area (Å²) >= 11 is 0. The molecule has 1 aliphatic heterocycles. The maximum absolute atomic E-state index is 13.1. The Bertz CT molecular complexity index is 1060. The van der Waals surface area contributed by atoms with Crippen molar-refractivity contribution in [3.63, 3.8) is 0 Å². The first-order chi connectivity index (χ1) is 14.2. The van der Waals surface area contributed by atoms with Crippen molar-refractivity contribution in [2.24, 2.45) is 5.41 Å². The molecule has 0 fully saturated rings. The van der Waals surface area contributed by atoms with Gasteiger partial charge in [0.1, 0.15) is 17.3 Å². The Morgan fingerprint density at radius 3 is 2.47 bits per heavy atom. The second kappa shape index (κ2) is 7.56. The number of fused-ring (bicyclic) bond motifs is 1. The van der Waals surface area contributed by atoms with Gasteiger partial charge in [0.05, 0.1) is 0 Å². The fraction of sp³-hybridized carbons (Fsp3) is 0.320. The van der Waals surface area contributed by atoms with Crippen LogP contribution in [0.1, 0.15) is 61.9 Å². The van der Waals surface area contributed by atoms with Crippen LogP contribution in [-0.4, -0.2) is 17.5 Å². The van der Waals surface area contributed by atoms with E-state index in [0.29, 0.717) is 41.2 Å². The Balaban J connectivity index is 1.66. The molecule has 5 heteroatoms. The third-order valence-corrected chi connectivity index (χ3v) is 5.58. The van der Waals surface area contributed by atoms with Gasteiger partial charge in [-0.25, -0.2) is 0 Å². The average molecular weight is 404 g/mol. The molecular weight excluding hydrogens is 380 g/mol. The summed E-state index contributed by atoms with van der Waals surface area (Å²) in [5, 5.41) is 0. The third-order valence-electron chi connectivity index (χ3n) is 5.58. The van der Waals surface area contributed by atoms with E-state index >= 15 is 0 Å². The summed E-state index contributed by atoms with van der Waals surface area (Å²) in [6.45, 7) is 5.45. The molecule has 2 aliphatic rings. The van der Waals surface area contributed by atoms with Gasteiger partial charge in [0, 0.05) is 48.8 Å². The largest absolute Gasteiger partial charge is 0.461 e. The zero-order valence-corrected chi connectivity index (χ0v) is 17.4. The van der Waals surface area contributed by atoms with E-state index in [0.717, 1.165) is 5.56 Å². The van der Waals surface area contributed by atoms with E-state index in [-0.39, 0.29) is 29.3 Å². The lowest BCUT2D eigenvalue weighted by Crippen LogP contribution is -2.33. The van der Waals surface area contributed by atoms with Crippen molar-refractivity contribution in [3.05, 3.63) is 71.0 Å². The fourth-order valence-corrected chi connectivity index (χ4v) is 4.30. The monoisotopic (exact) mass is 404 g/mol. The van der Waals surface area contributed by atoms with Crippen molar-refractivity contribution >= 4 is 17.5 Å². The van der Waals surface area contributed by atoms with Gasteiger partial charge < -0.3 is 9.47 Å². The van der Waals surface area contributed by atoms with Crippen LogP contribution in [0.15, 0.2) is 59.9 Å². The average Bonchev–Trinajstić information content (AvgIpc) is 2.66. The van der Waals surface area contributed by atoms with Gasteiger partial charge in [-0.2, -0.15) is 0 Å². The Hall–Kier alpha value is -3.21. The van der Waals surface area contributed by atoms with E-state index in [1.807, 2.05) is 24.3 Å². The molecule has 0 amide bonds. The normalized spacial score (nSPS) is 19.4. The number of hydrogen-bond acceptors (Lipinski definition) is 5. The van der Waals surface area contributed by atoms with E-state index in [1.54, 1.807) is 24.3 Å². The number of rotatable bonds is 4. The summed E-state index contributed by atoms with van der Waals surface area (Å²) in [6.07, 6.45) is 1.29. The maximum Gasteiger partial charge on any atom is 0.308 e. The molecule has 0 N–H and O–H groups in total. The Kier molecular flexibility index (Phi) is 5.06. The minimum absolute atomic E-state index is 0.0544. The van der Waals surface area contributed by atoms with Crippen molar-refractivity contribution < 1.29 is 23.9 Å². The first-order valence-electron chi connectivity index (χ1n) is 10.1. The number of benzene rings is 2. The van der Waals surface area contributed by atoms with Crippen LogP contribution in [0.4, 0.5) is 0 Å². The summed E-state index contributed by atoms with van der Waals surface area (Å²) in [4.78, 5) is 37.2. The van der Waals surface area contributed by atoms with Crippen LogP contribution >= 0.6 is 0 Å². The quantitative estimate of drug-likeness (QED) is 0.407. The SMILES string of the molecule is CC(=O)Oc1ccc(C(=O)CC2C3=C(CC(C)(C)CC3=O)Oc3ccccc32)cc1. The molecule has 1 heterocycles. The van der Waals surface area contributed by atoms with Gasteiger partial charge in [-0.3, -0.25) is 14.4 Å². The van der Waals surface area contributed by atoms with Crippen LogP contribution in [-0.2, 0) is 9.59 Å². The van der Waals surface area contributed by atoms with Crippen molar-refractivity contribution in [1.29, 1.82) is 0 Å². The van der Waals surface area contributed by atoms with Crippen LogP contribution in [0.5, 0.6) is 11.5 Å². The molecule has 0 spiro atoms. The minimum atomic E-state index is -0.411. The summed E-state index contributed by atoms with van der Waals surface area (Å²) in [5.41, 5.74) is 1.86. The summed E-state index contributed by atoms with van der Waals surface area (Å²) in [7, 11) is 0. The van der Waals surface area contributed by atoms with Gasteiger partial charge in [0.2, 0.25) is 0 Å². The standard InChI is InChI=1S/C25H24O5/c1-15(26)29-17-10-8-16(9-11-17)20(27)12-19-18-6-4-5-7-22(18)30-23-14-25(2,3)13-21(28)24(19)23/h4-11,19H,12-14H2,1-3H3. The summed E-state index contributed by atoms with van der Waals surface area (Å²) in [6, 6.07) is 14.1. The minimum Gasteiger partial charge on any atom is -0.461 e. The molecule has 5 nitrogen and oxygen atoms in total. The zero-order valence-electron chi connectivity index (χ0n) is 17.4. The molecule has 0 saturated heterocycles.